The van der Waals surface area contributed by atoms with Crippen LogP contribution in [-0.4, -0.2) is 87.8 Å². The Morgan fingerprint density at radius 2 is 2.02 bits per heavy atom. The molecule has 5 rings (SSSR count). The van der Waals surface area contributed by atoms with Gasteiger partial charge in [-0.05, 0) is 50.7 Å². The van der Waals surface area contributed by atoms with Crippen LogP contribution in [0.1, 0.15) is 26.3 Å². The largest absolute Gasteiger partial charge is 0.462 e. The van der Waals surface area contributed by atoms with E-state index in [-0.39, 0.29) is 34.1 Å². The summed E-state index contributed by atoms with van der Waals surface area (Å²) in [5, 5.41) is 8.61. The Hall–Kier alpha value is -3.76. The smallest absolute Gasteiger partial charge is 0.319 e. The van der Waals surface area contributed by atoms with Gasteiger partial charge in [0.1, 0.15) is 17.9 Å². The van der Waals surface area contributed by atoms with Crippen LogP contribution in [0.15, 0.2) is 37.1 Å². The Kier molecular flexibility index (Phi) is 8.42. The van der Waals surface area contributed by atoms with Crippen LogP contribution >= 0.6 is 11.6 Å². The summed E-state index contributed by atoms with van der Waals surface area (Å²) in [5.41, 5.74) is 2.70. The number of likely N-dealkylation sites (N-methyl/N-ethyl adjacent to an activating group) is 1. The van der Waals surface area contributed by atoms with E-state index in [9.17, 15) is 4.79 Å². The zero-order chi connectivity index (χ0) is 29.3. The number of piperazine rings is 1. The van der Waals surface area contributed by atoms with Crippen molar-refractivity contribution in [2.45, 2.75) is 33.7 Å². The van der Waals surface area contributed by atoms with E-state index in [0.717, 1.165) is 29.6 Å². The molecule has 0 aliphatic carbocycles. The van der Waals surface area contributed by atoms with E-state index in [0.29, 0.717) is 49.6 Å². The van der Waals surface area contributed by atoms with E-state index in [4.69, 9.17) is 21.3 Å². The molecule has 0 unspecified atom stereocenters. The normalized spacial score (nSPS) is 15.7. The van der Waals surface area contributed by atoms with E-state index in [1.54, 1.807) is 17.2 Å². The molecule has 216 valence electrons. The standard InChI is InChI=1S/C30H35ClFN7O2/c1-6-24(40)39-12-11-38(17-19(39)5)29-20-15-22(31)26(25-18(4)9-10-23-21(25)16-33-36-23)27(32)28(20)34-30(35-29)41-14-13-37(7-2)8-3/h6,9-10,15-16,19H,1,7-8,11-14,17H2,2-5H3,(H,33,36)/t19-/m1/s1. The maximum Gasteiger partial charge on any atom is 0.319 e. The third-order valence-electron chi connectivity index (χ3n) is 7.84. The van der Waals surface area contributed by atoms with Gasteiger partial charge in [0.25, 0.3) is 0 Å². The lowest BCUT2D eigenvalue weighted by Crippen LogP contribution is -2.54. The van der Waals surface area contributed by atoms with Gasteiger partial charge >= 0.3 is 6.01 Å². The van der Waals surface area contributed by atoms with Gasteiger partial charge in [-0.15, -0.1) is 0 Å². The van der Waals surface area contributed by atoms with Gasteiger partial charge in [0.15, 0.2) is 5.82 Å². The maximum absolute atomic E-state index is 16.7. The SMILES string of the molecule is C=CC(=O)N1CCN(c2nc(OCCN(CC)CC)nc3c(F)c(-c4c(C)ccc5[nH]ncc45)c(Cl)cc23)C[C@H]1C. The lowest BCUT2D eigenvalue weighted by atomic mass is 9.95. The number of H-pyrrole nitrogens is 1. The van der Waals surface area contributed by atoms with Gasteiger partial charge in [-0.25, -0.2) is 4.39 Å². The first-order valence-corrected chi connectivity index (χ1v) is 14.3. The van der Waals surface area contributed by atoms with Crippen molar-refractivity contribution in [3.8, 4) is 17.1 Å². The van der Waals surface area contributed by atoms with Gasteiger partial charge in [-0.2, -0.15) is 15.1 Å². The molecule has 1 fully saturated rings. The maximum atomic E-state index is 16.7. The first-order chi connectivity index (χ1) is 19.8. The fraction of sp³-hybridized carbons (Fsp3) is 0.400. The number of benzene rings is 2. The number of hydrogen-bond donors (Lipinski definition) is 1. The summed E-state index contributed by atoms with van der Waals surface area (Å²) in [6, 6.07) is 5.55. The summed E-state index contributed by atoms with van der Waals surface area (Å²) in [4.78, 5) is 27.7. The van der Waals surface area contributed by atoms with Crippen LogP contribution in [0.4, 0.5) is 10.2 Å². The molecule has 1 aliphatic heterocycles. The molecule has 1 saturated heterocycles. The van der Waals surface area contributed by atoms with Crippen molar-refractivity contribution < 1.29 is 13.9 Å². The number of anilines is 1. The number of amides is 1. The molecule has 0 radical (unpaired) electrons. The minimum Gasteiger partial charge on any atom is -0.462 e. The topological polar surface area (TPSA) is 90.5 Å². The third kappa shape index (κ3) is 5.46. The second kappa shape index (κ2) is 12.0. The minimum absolute atomic E-state index is 0.0994. The fourth-order valence-electron chi connectivity index (χ4n) is 5.55. The van der Waals surface area contributed by atoms with Crippen molar-refractivity contribution in [2.24, 2.45) is 0 Å². The molecule has 1 atom stereocenters. The van der Waals surface area contributed by atoms with Crippen molar-refractivity contribution in [3.63, 3.8) is 0 Å². The lowest BCUT2D eigenvalue weighted by molar-refractivity contribution is -0.128. The van der Waals surface area contributed by atoms with Crippen molar-refractivity contribution in [1.29, 1.82) is 0 Å². The quantitative estimate of drug-likeness (QED) is 0.272. The number of nitrogens with zero attached hydrogens (tertiary/aromatic N) is 6. The Labute approximate surface area is 243 Å². The molecule has 3 heterocycles. The molecule has 0 saturated carbocycles. The van der Waals surface area contributed by atoms with E-state index < -0.39 is 5.82 Å². The summed E-state index contributed by atoms with van der Waals surface area (Å²) in [6.07, 6.45) is 3.00. The number of fused-ring (bicyclic) bond motifs is 2. The number of aromatic amines is 1. The first-order valence-electron chi connectivity index (χ1n) is 13.9. The summed E-state index contributed by atoms with van der Waals surface area (Å²) in [6.45, 7) is 16.0. The number of halogens is 2. The van der Waals surface area contributed by atoms with Crippen LogP contribution in [0.3, 0.4) is 0 Å². The highest BCUT2D eigenvalue weighted by molar-refractivity contribution is 6.35. The Balaban J connectivity index is 1.63. The Bertz CT molecular complexity index is 1600. The molecule has 1 amide bonds. The number of carbonyl (C=O) groups is 1. The van der Waals surface area contributed by atoms with Gasteiger partial charge in [0.05, 0.1) is 16.7 Å². The lowest BCUT2D eigenvalue weighted by Gasteiger charge is -2.40. The average Bonchev–Trinajstić information content (AvgIpc) is 3.45. The van der Waals surface area contributed by atoms with Crippen LogP contribution in [0.25, 0.3) is 32.9 Å². The van der Waals surface area contributed by atoms with Gasteiger partial charge in [-0.3, -0.25) is 9.89 Å². The van der Waals surface area contributed by atoms with Crippen LogP contribution < -0.4 is 9.64 Å². The molecule has 0 bridgehead atoms. The highest BCUT2D eigenvalue weighted by atomic mass is 35.5. The van der Waals surface area contributed by atoms with Gasteiger partial charge < -0.3 is 19.4 Å². The average molecular weight is 580 g/mol. The Morgan fingerprint density at radius 1 is 1.24 bits per heavy atom. The third-order valence-corrected chi connectivity index (χ3v) is 8.14. The second-order valence-electron chi connectivity index (χ2n) is 10.3. The van der Waals surface area contributed by atoms with Crippen LogP contribution in [0, 0.1) is 12.7 Å². The second-order valence-corrected chi connectivity index (χ2v) is 10.7. The highest BCUT2D eigenvalue weighted by Gasteiger charge is 2.30. The van der Waals surface area contributed by atoms with Gasteiger partial charge in [0.2, 0.25) is 5.91 Å². The number of carbonyl (C=O) groups excluding carboxylic acids is 1. The number of hydrogen-bond acceptors (Lipinski definition) is 7. The number of rotatable bonds is 9. The van der Waals surface area contributed by atoms with Crippen molar-refractivity contribution in [3.05, 3.63) is 53.5 Å². The summed E-state index contributed by atoms with van der Waals surface area (Å²) < 4.78 is 22.7. The summed E-state index contributed by atoms with van der Waals surface area (Å²) in [5.74, 6) is -0.140. The minimum atomic E-state index is -0.546. The molecule has 1 aliphatic rings. The number of aryl methyl sites for hydroxylation is 1. The predicted octanol–water partition coefficient (Wildman–Crippen LogP) is 5.22. The molecule has 1 N–H and O–H groups in total. The van der Waals surface area contributed by atoms with E-state index >= 15 is 4.39 Å². The van der Waals surface area contributed by atoms with Crippen molar-refractivity contribution in [2.75, 3.05) is 50.8 Å². The summed E-state index contributed by atoms with van der Waals surface area (Å²) in [7, 11) is 0. The Morgan fingerprint density at radius 3 is 2.73 bits per heavy atom. The number of ether oxygens (including phenoxy) is 1. The molecule has 4 aromatic rings. The number of nitrogens with one attached hydrogen (secondary N) is 1. The molecule has 11 heteroatoms. The molecule has 2 aromatic carbocycles. The van der Waals surface area contributed by atoms with E-state index in [1.807, 2.05) is 30.9 Å². The monoisotopic (exact) mass is 579 g/mol. The predicted molar refractivity (Wildman–Crippen MR) is 161 cm³/mol. The zero-order valence-electron chi connectivity index (χ0n) is 23.9. The molecule has 0 spiro atoms. The van der Waals surface area contributed by atoms with Crippen LogP contribution in [0.5, 0.6) is 6.01 Å². The van der Waals surface area contributed by atoms with Crippen molar-refractivity contribution in [1.82, 2.24) is 30.0 Å². The highest BCUT2D eigenvalue weighted by Crippen LogP contribution is 2.42. The van der Waals surface area contributed by atoms with E-state index in [1.165, 1.54) is 6.08 Å². The van der Waals surface area contributed by atoms with Gasteiger partial charge in [-0.1, -0.05) is 38.1 Å². The van der Waals surface area contributed by atoms with E-state index in [2.05, 4.69) is 40.5 Å². The molecule has 41 heavy (non-hydrogen) atoms. The fourth-order valence-corrected chi connectivity index (χ4v) is 5.84. The first kappa shape index (κ1) is 28.8. The van der Waals surface area contributed by atoms with Crippen molar-refractivity contribution >= 4 is 45.1 Å². The zero-order valence-corrected chi connectivity index (χ0v) is 24.6. The molecular formula is C30H35ClFN7O2. The summed E-state index contributed by atoms with van der Waals surface area (Å²) >= 11 is 6.85. The number of aromatic nitrogens is 4. The van der Waals surface area contributed by atoms with Gasteiger partial charge in [0, 0.05) is 54.1 Å². The molecular weight excluding hydrogens is 545 g/mol. The van der Waals surface area contributed by atoms with Crippen LogP contribution in [-0.2, 0) is 4.79 Å². The van der Waals surface area contributed by atoms with Crippen LogP contribution in [0.2, 0.25) is 5.02 Å². The molecule has 2 aromatic heterocycles. The molecule has 9 nitrogen and oxygen atoms in total.